The highest BCUT2D eigenvalue weighted by molar-refractivity contribution is 6.93. The summed E-state index contributed by atoms with van der Waals surface area (Å²) in [4.78, 5) is 0. The second kappa shape index (κ2) is 6.95. The molecule has 0 radical (unpaired) electrons. The van der Waals surface area contributed by atoms with Crippen molar-refractivity contribution in [3.63, 3.8) is 0 Å². The Morgan fingerprint density at radius 1 is 0.960 bits per heavy atom. The highest BCUT2D eigenvalue weighted by Gasteiger charge is 2.43. The van der Waals surface area contributed by atoms with Gasteiger partial charge in [-0.05, 0) is 38.8 Å². The Bertz CT molecular complexity index is 792. The quantitative estimate of drug-likeness (QED) is 0.546. The first-order valence-electron chi connectivity index (χ1n) is 9.74. The van der Waals surface area contributed by atoms with Crippen LogP contribution >= 0.6 is 0 Å². The van der Waals surface area contributed by atoms with Crippen LogP contribution in [-0.4, -0.2) is 8.07 Å². The van der Waals surface area contributed by atoms with Crippen molar-refractivity contribution >= 4 is 19.3 Å². The highest BCUT2D eigenvalue weighted by atomic mass is 28.3. The molecule has 1 aliphatic carbocycles. The van der Waals surface area contributed by atoms with Crippen LogP contribution in [0, 0.1) is 20.8 Å². The first kappa shape index (κ1) is 18.2. The van der Waals surface area contributed by atoms with Gasteiger partial charge in [0.25, 0.3) is 0 Å². The van der Waals surface area contributed by atoms with Crippen molar-refractivity contribution in [1.82, 2.24) is 0 Å². The predicted molar refractivity (Wildman–Crippen MR) is 114 cm³/mol. The number of hydrogen-bond donors (Lipinski definition) is 0. The lowest BCUT2D eigenvalue weighted by Crippen LogP contribution is -2.53. The molecule has 132 valence electrons. The Hall–Kier alpha value is -1.60. The summed E-state index contributed by atoms with van der Waals surface area (Å²) in [5.41, 5.74) is 9.64. The minimum atomic E-state index is -1.71. The van der Waals surface area contributed by atoms with Gasteiger partial charge in [-0.3, -0.25) is 0 Å². The summed E-state index contributed by atoms with van der Waals surface area (Å²) in [5.74, 6) is 0. The molecule has 0 N–H and O–H groups in total. The molecule has 0 spiro atoms. The van der Waals surface area contributed by atoms with Crippen LogP contribution in [-0.2, 0) is 0 Å². The summed E-state index contributed by atoms with van der Waals surface area (Å²) in [7, 11) is -1.71. The van der Waals surface area contributed by atoms with Gasteiger partial charge in [-0.1, -0.05) is 102 Å². The molecule has 0 nitrogen and oxygen atoms in total. The molecular weight excluding hydrogens is 316 g/mol. The SMILES string of the molecule is CCCC[Si](C)(c1c(C)cc(C)cc1C)C1C(C)=Cc2ccccc21. The van der Waals surface area contributed by atoms with Crippen LogP contribution in [0.5, 0.6) is 0 Å². The van der Waals surface area contributed by atoms with Gasteiger partial charge >= 0.3 is 0 Å². The second-order valence-electron chi connectivity index (χ2n) is 8.25. The lowest BCUT2D eigenvalue weighted by atomic mass is 10.1. The summed E-state index contributed by atoms with van der Waals surface area (Å²) in [5, 5.41) is 1.71. The number of benzene rings is 2. The average Bonchev–Trinajstić information content (AvgIpc) is 2.88. The van der Waals surface area contributed by atoms with Gasteiger partial charge in [0, 0.05) is 5.54 Å². The van der Waals surface area contributed by atoms with Crippen molar-refractivity contribution in [3.8, 4) is 0 Å². The van der Waals surface area contributed by atoms with E-state index in [4.69, 9.17) is 0 Å². The molecule has 0 saturated heterocycles. The molecule has 1 heteroatoms. The van der Waals surface area contributed by atoms with Gasteiger partial charge in [0.15, 0.2) is 0 Å². The van der Waals surface area contributed by atoms with Crippen molar-refractivity contribution in [1.29, 1.82) is 0 Å². The standard InChI is InChI=1S/C24H32Si/c1-7-8-13-25(6,23-18(3)14-17(2)15-19(23)4)24-20(5)16-21-11-9-10-12-22(21)24/h9-12,14-16,24H,7-8,13H2,1-6H3. The molecular formula is C24H32Si. The summed E-state index contributed by atoms with van der Waals surface area (Å²) >= 11 is 0. The van der Waals surface area contributed by atoms with Gasteiger partial charge in [-0.25, -0.2) is 0 Å². The van der Waals surface area contributed by atoms with E-state index in [1.54, 1.807) is 16.3 Å². The zero-order chi connectivity index (χ0) is 18.2. The van der Waals surface area contributed by atoms with E-state index < -0.39 is 8.07 Å². The fourth-order valence-electron chi connectivity index (χ4n) is 5.36. The van der Waals surface area contributed by atoms with Gasteiger partial charge in [0.2, 0.25) is 0 Å². The molecule has 0 aromatic heterocycles. The van der Waals surface area contributed by atoms with E-state index in [0.29, 0.717) is 5.54 Å². The Labute approximate surface area is 155 Å². The summed E-state index contributed by atoms with van der Waals surface area (Å²) in [6.45, 7) is 14.2. The fourth-order valence-corrected chi connectivity index (χ4v) is 11.3. The molecule has 0 amide bonds. The van der Waals surface area contributed by atoms with E-state index in [0.717, 1.165) is 0 Å². The Balaban J connectivity index is 2.20. The molecule has 2 aromatic rings. The van der Waals surface area contributed by atoms with E-state index in [2.05, 4.69) is 83.6 Å². The van der Waals surface area contributed by atoms with Gasteiger partial charge in [-0.15, -0.1) is 0 Å². The Morgan fingerprint density at radius 3 is 2.24 bits per heavy atom. The van der Waals surface area contributed by atoms with Crippen LogP contribution < -0.4 is 5.19 Å². The van der Waals surface area contributed by atoms with Crippen molar-refractivity contribution in [2.75, 3.05) is 0 Å². The highest BCUT2D eigenvalue weighted by Crippen LogP contribution is 2.44. The summed E-state index contributed by atoms with van der Waals surface area (Å²) in [6.07, 6.45) is 5.06. The number of aryl methyl sites for hydroxylation is 3. The maximum Gasteiger partial charge on any atom is 0.0959 e. The first-order valence-corrected chi connectivity index (χ1v) is 12.5. The topological polar surface area (TPSA) is 0 Å². The molecule has 3 rings (SSSR count). The average molecular weight is 349 g/mol. The van der Waals surface area contributed by atoms with Crippen LogP contribution in [0.15, 0.2) is 42.0 Å². The molecule has 2 aromatic carbocycles. The number of allylic oxidation sites excluding steroid dienone is 1. The van der Waals surface area contributed by atoms with E-state index in [1.165, 1.54) is 41.1 Å². The zero-order valence-corrected chi connectivity index (χ0v) is 17.7. The van der Waals surface area contributed by atoms with Crippen molar-refractivity contribution in [2.24, 2.45) is 0 Å². The first-order chi connectivity index (χ1) is 11.9. The monoisotopic (exact) mass is 348 g/mol. The smallest absolute Gasteiger partial charge is 0.0675 e. The number of rotatable bonds is 5. The van der Waals surface area contributed by atoms with Crippen LogP contribution in [0.1, 0.15) is 60.0 Å². The Morgan fingerprint density at radius 2 is 1.60 bits per heavy atom. The molecule has 0 saturated carbocycles. The molecule has 0 bridgehead atoms. The third kappa shape index (κ3) is 3.15. The normalized spacial score (nSPS) is 18.6. The van der Waals surface area contributed by atoms with Crippen LogP contribution in [0.25, 0.3) is 6.08 Å². The van der Waals surface area contributed by atoms with E-state index in [9.17, 15) is 0 Å². The lowest BCUT2D eigenvalue weighted by molar-refractivity contribution is 0.855. The predicted octanol–water partition coefficient (Wildman–Crippen LogP) is 6.44. The number of hydrogen-bond acceptors (Lipinski definition) is 0. The molecule has 2 atom stereocenters. The van der Waals surface area contributed by atoms with E-state index in [-0.39, 0.29) is 0 Å². The zero-order valence-electron chi connectivity index (χ0n) is 16.7. The lowest BCUT2D eigenvalue weighted by Gasteiger charge is -2.38. The fraction of sp³-hybridized carbons (Fsp3) is 0.417. The van der Waals surface area contributed by atoms with E-state index in [1.807, 2.05) is 0 Å². The largest absolute Gasteiger partial charge is 0.0959 e. The number of fused-ring (bicyclic) bond motifs is 1. The molecule has 1 aliphatic rings. The molecule has 25 heavy (non-hydrogen) atoms. The molecule has 0 fully saturated rings. The second-order valence-corrected chi connectivity index (χ2v) is 12.7. The summed E-state index contributed by atoms with van der Waals surface area (Å²) < 4.78 is 0. The third-order valence-electron chi connectivity index (χ3n) is 6.08. The van der Waals surface area contributed by atoms with Crippen molar-refractivity contribution in [3.05, 3.63) is 69.8 Å². The van der Waals surface area contributed by atoms with Crippen LogP contribution in [0.4, 0.5) is 0 Å². The minimum Gasteiger partial charge on any atom is -0.0675 e. The molecule has 0 aliphatic heterocycles. The number of unbranched alkanes of at least 4 members (excludes halogenated alkanes) is 1. The molecule has 0 heterocycles. The maximum absolute atomic E-state index is 2.65. The summed E-state index contributed by atoms with van der Waals surface area (Å²) in [6, 6.07) is 15.3. The molecule has 2 unspecified atom stereocenters. The van der Waals surface area contributed by atoms with Crippen LogP contribution in [0.3, 0.4) is 0 Å². The maximum atomic E-state index is 2.65. The van der Waals surface area contributed by atoms with Crippen LogP contribution in [0.2, 0.25) is 12.6 Å². The van der Waals surface area contributed by atoms with Gasteiger partial charge < -0.3 is 0 Å². The minimum absolute atomic E-state index is 0.621. The van der Waals surface area contributed by atoms with Gasteiger partial charge in [0.05, 0.1) is 8.07 Å². The van der Waals surface area contributed by atoms with Crippen molar-refractivity contribution < 1.29 is 0 Å². The third-order valence-corrected chi connectivity index (χ3v) is 11.4. The van der Waals surface area contributed by atoms with Gasteiger partial charge in [0.1, 0.15) is 0 Å². The van der Waals surface area contributed by atoms with Gasteiger partial charge in [-0.2, -0.15) is 0 Å². The van der Waals surface area contributed by atoms with Crippen molar-refractivity contribution in [2.45, 2.75) is 65.6 Å². The van der Waals surface area contributed by atoms with E-state index >= 15 is 0 Å². The Kier molecular flexibility index (Phi) is 5.06.